The third-order valence-electron chi connectivity index (χ3n) is 3.49. The van der Waals surface area contributed by atoms with Crippen LogP contribution in [0, 0.1) is 0 Å². The average Bonchev–Trinajstić information content (AvgIpc) is 2.48. The van der Waals surface area contributed by atoms with Gasteiger partial charge in [-0.1, -0.05) is 24.6 Å². The van der Waals surface area contributed by atoms with Gasteiger partial charge >= 0.3 is 12.1 Å². The van der Waals surface area contributed by atoms with Crippen LogP contribution in [0.25, 0.3) is 0 Å². The first kappa shape index (κ1) is 15.1. The number of hydrogen-bond donors (Lipinski definition) is 1. The van der Waals surface area contributed by atoms with Crippen LogP contribution >= 0.6 is 11.6 Å². The normalized spacial score (nSPS) is 23.2. The summed E-state index contributed by atoms with van der Waals surface area (Å²) < 4.78 is 37.6. The Morgan fingerprint density at radius 1 is 1.45 bits per heavy atom. The minimum absolute atomic E-state index is 0.182. The quantitative estimate of drug-likeness (QED) is 0.800. The summed E-state index contributed by atoms with van der Waals surface area (Å²) in [6.07, 6.45) is -6.27. The van der Waals surface area contributed by atoms with Crippen LogP contribution in [0.4, 0.5) is 13.2 Å². The highest BCUT2D eigenvalue weighted by Crippen LogP contribution is 2.33. The zero-order valence-corrected chi connectivity index (χ0v) is 11.4. The van der Waals surface area contributed by atoms with E-state index in [0.717, 1.165) is 5.56 Å². The van der Waals surface area contributed by atoms with Crippen molar-refractivity contribution in [2.75, 3.05) is 6.54 Å². The van der Waals surface area contributed by atoms with Crippen LogP contribution in [0.2, 0.25) is 5.02 Å². The smallest absolute Gasteiger partial charge is 0.373 e. The lowest BCUT2D eigenvalue weighted by molar-refractivity contribution is -0.195. The third kappa shape index (κ3) is 2.76. The highest BCUT2D eigenvalue weighted by molar-refractivity contribution is 6.30. The van der Waals surface area contributed by atoms with Crippen molar-refractivity contribution in [2.24, 2.45) is 0 Å². The summed E-state index contributed by atoms with van der Waals surface area (Å²) in [5.41, 5.74) is 1.46. The lowest BCUT2D eigenvalue weighted by Gasteiger charge is -2.30. The summed E-state index contributed by atoms with van der Waals surface area (Å²) >= 11 is 5.87. The maximum atomic E-state index is 12.5. The van der Waals surface area contributed by atoms with Crippen molar-refractivity contribution < 1.29 is 23.1 Å². The zero-order chi connectivity index (χ0) is 15.1. The van der Waals surface area contributed by atoms with E-state index in [1.54, 1.807) is 25.1 Å². The van der Waals surface area contributed by atoms with Crippen LogP contribution in [-0.4, -0.2) is 34.9 Å². The Morgan fingerprint density at radius 2 is 2.10 bits per heavy atom. The van der Waals surface area contributed by atoms with Crippen LogP contribution in [-0.2, 0) is 11.2 Å². The Hall–Kier alpha value is -1.27. The Kier molecular flexibility index (Phi) is 3.97. The number of hydrogen-bond acceptors (Lipinski definition) is 2. The molecule has 2 rings (SSSR count). The number of nitrogens with zero attached hydrogens (tertiary/aromatic N) is 1. The second-order valence-electron chi connectivity index (χ2n) is 4.79. The topological polar surface area (TPSA) is 40.5 Å². The maximum Gasteiger partial charge on any atom is 0.471 e. The molecule has 2 atom stereocenters. The van der Waals surface area contributed by atoms with Gasteiger partial charge in [0, 0.05) is 17.5 Å². The Labute approximate surface area is 118 Å². The molecule has 0 bridgehead atoms. The van der Waals surface area contributed by atoms with Crippen molar-refractivity contribution >= 4 is 17.5 Å². The molecule has 1 N–H and O–H groups in total. The molecule has 0 saturated heterocycles. The maximum absolute atomic E-state index is 12.5. The fraction of sp³-hybridized carbons (Fsp3) is 0.462. The summed E-state index contributed by atoms with van der Waals surface area (Å²) in [5.74, 6) is -2.66. The monoisotopic (exact) mass is 307 g/mol. The lowest BCUT2D eigenvalue weighted by Crippen LogP contribution is -2.48. The van der Waals surface area contributed by atoms with Crippen LogP contribution in [0.1, 0.15) is 24.0 Å². The van der Waals surface area contributed by atoms with Crippen molar-refractivity contribution in [1.29, 1.82) is 0 Å². The first-order chi connectivity index (χ1) is 9.21. The van der Waals surface area contributed by atoms with Gasteiger partial charge in [-0.05, 0) is 29.7 Å². The van der Waals surface area contributed by atoms with E-state index in [2.05, 4.69) is 0 Å². The van der Waals surface area contributed by atoms with Crippen molar-refractivity contribution in [1.82, 2.24) is 4.90 Å². The second-order valence-corrected chi connectivity index (χ2v) is 5.23. The van der Waals surface area contributed by atoms with Crippen molar-refractivity contribution in [2.45, 2.75) is 31.7 Å². The number of carbonyl (C=O) groups is 1. The molecule has 110 valence electrons. The summed E-state index contributed by atoms with van der Waals surface area (Å²) in [7, 11) is 0. The average molecular weight is 308 g/mol. The molecule has 20 heavy (non-hydrogen) atoms. The van der Waals surface area contributed by atoms with E-state index < -0.39 is 24.2 Å². The number of fused-ring (bicyclic) bond motifs is 1. The highest BCUT2D eigenvalue weighted by atomic mass is 35.5. The van der Waals surface area contributed by atoms with Gasteiger partial charge in [-0.25, -0.2) is 0 Å². The molecule has 3 nitrogen and oxygen atoms in total. The molecule has 0 saturated carbocycles. The van der Waals surface area contributed by atoms with Gasteiger partial charge < -0.3 is 10.0 Å². The zero-order valence-electron chi connectivity index (χ0n) is 10.6. The van der Waals surface area contributed by atoms with Gasteiger partial charge in [0.05, 0.1) is 0 Å². The predicted octanol–water partition coefficient (Wildman–Crippen LogP) is 2.71. The summed E-state index contributed by atoms with van der Waals surface area (Å²) in [4.78, 5) is 11.8. The predicted molar refractivity (Wildman–Crippen MR) is 67.3 cm³/mol. The van der Waals surface area contributed by atoms with Gasteiger partial charge in [0.1, 0.15) is 6.23 Å². The number of benzene rings is 1. The van der Waals surface area contributed by atoms with E-state index in [4.69, 9.17) is 11.6 Å². The van der Waals surface area contributed by atoms with E-state index >= 15 is 0 Å². The molecule has 1 aromatic carbocycles. The van der Waals surface area contributed by atoms with Gasteiger partial charge in [-0.15, -0.1) is 0 Å². The van der Waals surface area contributed by atoms with Crippen LogP contribution in [0.5, 0.6) is 0 Å². The highest BCUT2D eigenvalue weighted by Gasteiger charge is 2.46. The summed E-state index contributed by atoms with van der Waals surface area (Å²) in [6.45, 7) is 1.39. The van der Waals surface area contributed by atoms with Gasteiger partial charge in [0.15, 0.2) is 0 Å². The molecule has 0 spiro atoms. The fourth-order valence-electron chi connectivity index (χ4n) is 2.41. The molecule has 0 aromatic heterocycles. The number of aliphatic hydroxyl groups excluding tert-OH is 1. The van der Waals surface area contributed by atoms with Gasteiger partial charge in [-0.3, -0.25) is 4.79 Å². The molecule has 0 radical (unpaired) electrons. The number of aliphatic hydroxyl groups is 1. The molecule has 0 aliphatic carbocycles. The third-order valence-corrected chi connectivity index (χ3v) is 3.73. The molecular weight excluding hydrogens is 295 g/mol. The Bertz CT molecular complexity index is 533. The summed E-state index contributed by atoms with van der Waals surface area (Å²) in [6, 6.07) is 4.97. The second kappa shape index (κ2) is 5.26. The van der Waals surface area contributed by atoms with Crippen LogP contribution in [0.3, 0.4) is 0 Å². The molecular formula is C13H13ClF3NO2. The van der Waals surface area contributed by atoms with Crippen LogP contribution < -0.4 is 0 Å². The molecule has 2 unspecified atom stereocenters. The molecule has 1 aliphatic rings. The number of rotatable bonds is 0. The first-order valence-electron chi connectivity index (χ1n) is 6.06. The van der Waals surface area contributed by atoms with E-state index in [9.17, 15) is 23.1 Å². The first-order valence-corrected chi connectivity index (χ1v) is 6.44. The number of amides is 1. The van der Waals surface area contributed by atoms with Crippen LogP contribution in [0.15, 0.2) is 18.2 Å². The Morgan fingerprint density at radius 3 is 2.70 bits per heavy atom. The van der Waals surface area contributed by atoms with Gasteiger partial charge in [-0.2, -0.15) is 13.2 Å². The largest absolute Gasteiger partial charge is 0.471 e. The standard InChI is InChI=1S/C13H13ClF3NO2/c1-7-10-6-9(14)3-2-8(10)4-5-18(11(7)19)12(20)13(15,16)17/h2-3,6-7,11,19H,4-5H2,1H3. The number of carbonyl (C=O) groups excluding carboxylic acids is 1. The molecule has 1 heterocycles. The van der Waals surface area contributed by atoms with E-state index in [0.29, 0.717) is 15.5 Å². The molecule has 1 aromatic rings. The van der Waals surface area contributed by atoms with Crippen molar-refractivity contribution in [3.63, 3.8) is 0 Å². The minimum atomic E-state index is -4.99. The molecule has 0 fully saturated rings. The van der Waals surface area contributed by atoms with Gasteiger partial charge in [0.25, 0.3) is 0 Å². The minimum Gasteiger partial charge on any atom is -0.373 e. The van der Waals surface area contributed by atoms with Crippen molar-refractivity contribution in [3.8, 4) is 0 Å². The molecule has 7 heteroatoms. The SMILES string of the molecule is CC1c2cc(Cl)ccc2CCN(C(=O)C(F)(F)F)C1O. The van der Waals surface area contributed by atoms with E-state index in [-0.39, 0.29) is 13.0 Å². The number of alkyl halides is 3. The summed E-state index contributed by atoms with van der Waals surface area (Å²) in [5, 5.41) is 10.5. The lowest BCUT2D eigenvalue weighted by atomic mass is 9.94. The van der Waals surface area contributed by atoms with E-state index in [1.807, 2.05) is 0 Å². The number of halogens is 4. The fourth-order valence-corrected chi connectivity index (χ4v) is 2.59. The van der Waals surface area contributed by atoms with Gasteiger partial charge in [0.2, 0.25) is 0 Å². The van der Waals surface area contributed by atoms with Crippen molar-refractivity contribution in [3.05, 3.63) is 34.3 Å². The molecule has 1 aliphatic heterocycles. The molecule has 1 amide bonds. The van der Waals surface area contributed by atoms with E-state index in [1.165, 1.54) is 0 Å². The Balaban J connectivity index is 2.36.